The van der Waals surface area contributed by atoms with Gasteiger partial charge in [0.15, 0.2) is 0 Å². The molecule has 0 radical (unpaired) electrons. The number of anilines is 2. The van der Waals surface area contributed by atoms with Crippen LogP contribution in [0.5, 0.6) is 5.75 Å². The number of halogens is 2. The van der Waals surface area contributed by atoms with Crippen LogP contribution in [0.25, 0.3) is 0 Å². The van der Waals surface area contributed by atoms with Crippen LogP contribution in [-0.4, -0.2) is 13.0 Å². The molecule has 0 spiro atoms. The summed E-state index contributed by atoms with van der Waals surface area (Å²) in [5.41, 5.74) is 6.59. The molecule has 2 aromatic rings. The molecule has 4 nitrogen and oxygen atoms in total. The van der Waals surface area contributed by atoms with Gasteiger partial charge < -0.3 is 15.8 Å². The lowest BCUT2D eigenvalue weighted by atomic mass is 10.1. The third-order valence-corrected chi connectivity index (χ3v) is 2.99. The summed E-state index contributed by atoms with van der Waals surface area (Å²) in [6.07, 6.45) is 0. The van der Waals surface area contributed by atoms with Crippen LogP contribution < -0.4 is 15.8 Å². The molecule has 20 heavy (non-hydrogen) atoms. The monoisotopic (exact) mass is 294 g/mol. The number of hydrogen-bond donors (Lipinski definition) is 2. The van der Waals surface area contributed by atoms with E-state index in [1.807, 2.05) is 0 Å². The molecular formula is C14H12ClFN2O2. The number of benzene rings is 2. The largest absolute Gasteiger partial charge is 0.497 e. The lowest BCUT2D eigenvalue weighted by molar-refractivity contribution is 0.102. The van der Waals surface area contributed by atoms with Crippen molar-refractivity contribution in [3.05, 3.63) is 52.8 Å². The standard InChI is InChI=1S/C14H12ClFN2O2/c1-20-9-3-5-13(17)10(7-9)14(19)18-8-2-4-11(15)12(16)6-8/h2-7H,17H2,1H3,(H,18,19). The Morgan fingerprint density at radius 1 is 1.30 bits per heavy atom. The van der Waals surface area contributed by atoms with Gasteiger partial charge in [-0.3, -0.25) is 4.79 Å². The fourth-order valence-electron chi connectivity index (χ4n) is 1.63. The third-order valence-electron chi connectivity index (χ3n) is 2.68. The number of amides is 1. The zero-order valence-electron chi connectivity index (χ0n) is 10.6. The maximum atomic E-state index is 13.3. The van der Waals surface area contributed by atoms with E-state index in [-0.39, 0.29) is 10.6 Å². The van der Waals surface area contributed by atoms with Gasteiger partial charge in [0.1, 0.15) is 11.6 Å². The first-order valence-electron chi connectivity index (χ1n) is 5.71. The summed E-state index contributed by atoms with van der Waals surface area (Å²) in [7, 11) is 1.49. The lowest BCUT2D eigenvalue weighted by Gasteiger charge is -2.09. The molecule has 3 N–H and O–H groups in total. The van der Waals surface area contributed by atoms with E-state index in [9.17, 15) is 9.18 Å². The van der Waals surface area contributed by atoms with Crippen molar-refractivity contribution in [1.29, 1.82) is 0 Å². The molecule has 1 amide bonds. The Morgan fingerprint density at radius 3 is 2.70 bits per heavy atom. The Labute approximate surface area is 120 Å². The van der Waals surface area contributed by atoms with E-state index in [0.29, 0.717) is 17.1 Å². The summed E-state index contributed by atoms with van der Waals surface area (Å²) >= 11 is 5.57. The number of carbonyl (C=O) groups is 1. The fraction of sp³-hybridized carbons (Fsp3) is 0.0714. The number of methoxy groups -OCH3 is 1. The van der Waals surface area contributed by atoms with Crippen LogP contribution in [0.4, 0.5) is 15.8 Å². The number of nitrogens with two attached hydrogens (primary N) is 1. The Bertz CT molecular complexity index is 662. The number of hydrogen-bond acceptors (Lipinski definition) is 3. The predicted octanol–water partition coefficient (Wildman–Crippen LogP) is 3.32. The normalized spacial score (nSPS) is 10.2. The van der Waals surface area contributed by atoms with Gasteiger partial charge in [0.25, 0.3) is 5.91 Å². The molecule has 0 heterocycles. The molecule has 104 valence electrons. The van der Waals surface area contributed by atoms with Gasteiger partial charge in [-0.2, -0.15) is 0 Å². The van der Waals surface area contributed by atoms with Crippen LogP contribution in [0.3, 0.4) is 0 Å². The van der Waals surface area contributed by atoms with Crippen LogP contribution in [0.15, 0.2) is 36.4 Å². The number of nitrogen functional groups attached to an aromatic ring is 1. The molecule has 0 saturated heterocycles. The average molecular weight is 295 g/mol. The molecule has 0 aromatic heterocycles. The van der Waals surface area contributed by atoms with Crippen molar-refractivity contribution in [1.82, 2.24) is 0 Å². The van der Waals surface area contributed by atoms with Gasteiger partial charge >= 0.3 is 0 Å². The molecule has 0 aliphatic heterocycles. The van der Waals surface area contributed by atoms with Crippen LogP contribution in [-0.2, 0) is 0 Å². The highest BCUT2D eigenvalue weighted by Gasteiger charge is 2.12. The highest BCUT2D eigenvalue weighted by Crippen LogP contribution is 2.22. The number of ether oxygens (including phenoxy) is 1. The van der Waals surface area contributed by atoms with Gasteiger partial charge in [0, 0.05) is 11.4 Å². The predicted molar refractivity (Wildman–Crippen MR) is 76.8 cm³/mol. The summed E-state index contributed by atoms with van der Waals surface area (Å²) < 4.78 is 18.3. The van der Waals surface area contributed by atoms with Gasteiger partial charge in [0.2, 0.25) is 0 Å². The molecular weight excluding hydrogens is 283 g/mol. The van der Waals surface area contributed by atoms with Crippen molar-refractivity contribution in [2.24, 2.45) is 0 Å². The summed E-state index contributed by atoms with van der Waals surface area (Å²) in [5, 5.41) is 2.53. The molecule has 0 aliphatic carbocycles. The van der Waals surface area contributed by atoms with E-state index in [1.165, 1.54) is 25.3 Å². The topological polar surface area (TPSA) is 64.3 Å². The second-order valence-electron chi connectivity index (χ2n) is 4.04. The van der Waals surface area contributed by atoms with Crippen molar-refractivity contribution in [2.75, 3.05) is 18.2 Å². The Morgan fingerprint density at radius 2 is 2.05 bits per heavy atom. The minimum atomic E-state index is -0.608. The van der Waals surface area contributed by atoms with Crippen molar-refractivity contribution < 1.29 is 13.9 Å². The van der Waals surface area contributed by atoms with E-state index in [1.54, 1.807) is 12.1 Å². The van der Waals surface area contributed by atoms with Crippen molar-refractivity contribution >= 4 is 28.9 Å². The van der Waals surface area contributed by atoms with Crippen LogP contribution in [0, 0.1) is 5.82 Å². The van der Waals surface area contributed by atoms with E-state index < -0.39 is 11.7 Å². The fourth-order valence-corrected chi connectivity index (χ4v) is 1.75. The Kier molecular flexibility index (Phi) is 4.10. The maximum Gasteiger partial charge on any atom is 0.257 e. The highest BCUT2D eigenvalue weighted by molar-refractivity contribution is 6.30. The minimum absolute atomic E-state index is 0.0103. The first kappa shape index (κ1) is 14.1. The summed E-state index contributed by atoms with van der Waals surface area (Å²) in [6, 6.07) is 8.72. The first-order chi connectivity index (χ1) is 9.51. The van der Waals surface area contributed by atoms with E-state index in [4.69, 9.17) is 22.1 Å². The van der Waals surface area contributed by atoms with Crippen LogP contribution in [0.1, 0.15) is 10.4 Å². The Balaban J connectivity index is 2.25. The summed E-state index contributed by atoms with van der Waals surface area (Å²) in [5.74, 6) is -0.558. The van der Waals surface area contributed by atoms with Crippen LogP contribution >= 0.6 is 11.6 Å². The molecule has 6 heteroatoms. The summed E-state index contributed by atoms with van der Waals surface area (Å²) in [6.45, 7) is 0. The maximum absolute atomic E-state index is 13.3. The van der Waals surface area contributed by atoms with Crippen molar-refractivity contribution in [2.45, 2.75) is 0 Å². The second kappa shape index (κ2) is 5.79. The molecule has 2 rings (SSSR count). The lowest BCUT2D eigenvalue weighted by Crippen LogP contribution is -2.14. The van der Waals surface area contributed by atoms with Gasteiger partial charge in [-0.25, -0.2) is 4.39 Å². The molecule has 2 aromatic carbocycles. The average Bonchev–Trinajstić information content (AvgIpc) is 2.43. The first-order valence-corrected chi connectivity index (χ1v) is 6.09. The molecule has 0 bridgehead atoms. The van der Waals surface area contributed by atoms with E-state index in [0.717, 1.165) is 6.07 Å². The minimum Gasteiger partial charge on any atom is -0.497 e. The van der Waals surface area contributed by atoms with Gasteiger partial charge in [0.05, 0.1) is 17.7 Å². The van der Waals surface area contributed by atoms with E-state index >= 15 is 0 Å². The Hall–Kier alpha value is -2.27. The molecule has 0 saturated carbocycles. The summed E-state index contributed by atoms with van der Waals surface area (Å²) in [4.78, 5) is 12.1. The van der Waals surface area contributed by atoms with Crippen LogP contribution in [0.2, 0.25) is 5.02 Å². The smallest absolute Gasteiger partial charge is 0.257 e. The van der Waals surface area contributed by atoms with Gasteiger partial charge in [-0.1, -0.05) is 11.6 Å². The molecule has 0 unspecified atom stereocenters. The quantitative estimate of drug-likeness (QED) is 0.854. The number of nitrogens with one attached hydrogen (secondary N) is 1. The second-order valence-corrected chi connectivity index (χ2v) is 4.44. The molecule has 0 atom stereocenters. The number of rotatable bonds is 3. The molecule has 0 aliphatic rings. The highest BCUT2D eigenvalue weighted by atomic mass is 35.5. The SMILES string of the molecule is COc1ccc(N)c(C(=O)Nc2ccc(Cl)c(F)c2)c1. The number of carbonyl (C=O) groups excluding carboxylic acids is 1. The zero-order valence-corrected chi connectivity index (χ0v) is 11.4. The molecule has 0 fully saturated rings. The van der Waals surface area contributed by atoms with Crippen molar-refractivity contribution in [3.63, 3.8) is 0 Å². The third kappa shape index (κ3) is 3.00. The zero-order chi connectivity index (χ0) is 14.7. The van der Waals surface area contributed by atoms with Crippen molar-refractivity contribution in [3.8, 4) is 5.75 Å². The van der Waals surface area contributed by atoms with E-state index in [2.05, 4.69) is 5.32 Å². The van der Waals surface area contributed by atoms with Gasteiger partial charge in [-0.05, 0) is 36.4 Å². The van der Waals surface area contributed by atoms with Gasteiger partial charge in [-0.15, -0.1) is 0 Å².